The van der Waals surface area contributed by atoms with Gasteiger partial charge in [-0.3, -0.25) is 20.4 Å². The number of hydrogen-bond acceptors (Lipinski definition) is 8. The van der Waals surface area contributed by atoms with Crippen molar-refractivity contribution >= 4 is 23.2 Å². The van der Waals surface area contributed by atoms with Crippen molar-refractivity contribution in [2.75, 3.05) is 7.11 Å². The Hall–Kier alpha value is -3.40. The lowest BCUT2D eigenvalue weighted by atomic mass is 10.2. The molecule has 10 heteroatoms. The monoisotopic (exact) mass is 444 g/mol. The number of nitrogens with zero attached hydrogens (tertiary/aromatic N) is 2. The van der Waals surface area contributed by atoms with E-state index in [1.807, 2.05) is 31.4 Å². The summed E-state index contributed by atoms with van der Waals surface area (Å²) in [6.45, 7) is 3.80. The second kappa shape index (κ2) is 10.6. The third-order valence-corrected chi connectivity index (χ3v) is 4.97. The minimum absolute atomic E-state index is 0.0256. The van der Waals surface area contributed by atoms with Crippen LogP contribution in [-0.4, -0.2) is 35.2 Å². The number of thiophene rings is 1. The Morgan fingerprint density at radius 2 is 2.03 bits per heavy atom. The van der Waals surface area contributed by atoms with Gasteiger partial charge in [0.15, 0.2) is 11.5 Å². The van der Waals surface area contributed by atoms with E-state index in [4.69, 9.17) is 14.0 Å². The zero-order valence-corrected chi connectivity index (χ0v) is 18.3. The lowest BCUT2D eigenvalue weighted by Gasteiger charge is -2.14. The van der Waals surface area contributed by atoms with Gasteiger partial charge in [0, 0.05) is 18.4 Å². The van der Waals surface area contributed by atoms with E-state index in [-0.39, 0.29) is 18.4 Å². The molecule has 9 nitrogen and oxygen atoms in total. The third kappa shape index (κ3) is 6.29. The first-order valence-corrected chi connectivity index (χ1v) is 10.6. The van der Waals surface area contributed by atoms with Crippen LogP contribution in [-0.2, 0) is 11.2 Å². The molecule has 2 heterocycles. The molecule has 0 aliphatic rings. The highest BCUT2D eigenvalue weighted by molar-refractivity contribution is 7.13. The van der Waals surface area contributed by atoms with E-state index in [9.17, 15) is 9.59 Å². The lowest BCUT2D eigenvalue weighted by molar-refractivity contribution is -0.121. The van der Waals surface area contributed by atoms with Crippen molar-refractivity contribution in [3.63, 3.8) is 0 Å². The predicted octanol–water partition coefficient (Wildman–Crippen LogP) is 3.38. The summed E-state index contributed by atoms with van der Waals surface area (Å²) >= 11 is 1.53. The number of hydrogen-bond donors (Lipinski definition) is 2. The number of methoxy groups -OCH3 is 1. The van der Waals surface area contributed by atoms with E-state index in [0.29, 0.717) is 41.6 Å². The molecular formula is C21H24N4O5S. The van der Waals surface area contributed by atoms with Crippen molar-refractivity contribution < 1.29 is 23.6 Å². The zero-order chi connectivity index (χ0) is 22.2. The second-order valence-electron chi connectivity index (χ2n) is 6.88. The number of hydrazine groups is 1. The van der Waals surface area contributed by atoms with Crippen LogP contribution in [0.5, 0.6) is 11.5 Å². The maximum Gasteiger partial charge on any atom is 0.269 e. The van der Waals surface area contributed by atoms with Gasteiger partial charge in [-0.25, -0.2) is 0 Å². The molecule has 0 fully saturated rings. The van der Waals surface area contributed by atoms with E-state index in [1.54, 1.807) is 18.2 Å². The number of rotatable bonds is 9. The van der Waals surface area contributed by atoms with Crippen LogP contribution < -0.4 is 20.3 Å². The number of aryl methyl sites for hydroxylation is 1. The fourth-order valence-electron chi connectivity index (χ4n) is 2.68. The Morgan fingerprint density at radius 3 is 2.74 bits per heavy atom. The van der Waals surface area contributed by atoms with Crippen LogP contribution in [0.4, 0.5) is 0 Å². The summed E-state index contributed by atoms with van der Waals surface area (Å²) in [6.07, 6.45) is 1.14. The minimum atomic E-state index is -0.458. The number of nitrogens with one attached hydrogen (secondary N) is 2. The van der Waals surface area contributed by atoms with Gasteiger partial charge in [-0.05, 0) is 49.9 Å². The van der Waals surface area contributed by atoms with E-state index < -0.39 is 5.91 Å². The molecule has 0 bridgehead atoms. The summed E-state index contributed by atoms with van der Waals surface area (Å²) in [5, 5.41) is 5.87. The zero-order valence-electron chi connectivity index (χ0n) is 17.5. The predicted molar refractivity (Wildman–Crippen MR) is 115 cm³/mol. The van der Waals surface area contributed by atoms with Crippen LogP contribution >= 0.6 is 11.3 Å². The van der Waals surface area contributed by atoms with Crippen molar-refractivity contribution in [1.29, 1.82) is 0 Å². The van der Waals surface area contributed by atoms with Crippen molar-refractivity contribution in [3.8, 4) is 22.2 Å². The summed E-state index contributed by atoms with van der Waals surface area (Å²) in [5.74, 6) is 1.21. The topological polar surface area (TPSA) is 116 Å². The van der Waals surface area contributed by atoms with Crippen molar-refractivity contribution in [3.05, 3.63) is 47.2 Å². The Balaban J connectivity index is 1.43. The van der Waals surface area contributed by atoms with Crippen molar-refractivity contribution in [1.82, 2.24) is 21.0 Å². The molecule has 0 aliphatic carbocycles. The highest BCUT2D eigenvalue weighted by Crippen LogP contribution is 2.29. The van der Waals surface area contributed by atoms with E-state index in [1.165, 1.54) is 18.4 Å². The van der Waals surface area contributed by atoms with Crippen LogP contribution in [0.3, 0.4) is 0 Å². The van der Waals surface area contributed by atoms with Crippen molar-refractivity contribution in [2.24, 2.45) is 0 Å². The summed E-state index contributed by atoms with van der Waals surface area (Å²) in [6, 6.07) is 8.64. The van der Waals surface area contributed by atoms with Gasteiger partial charge in [0.05, 0.1) is 18.1 Å². The molecule has 0 atom stereocenters. The van der Waals surface area contributed by atoms with Gasteiger partial charge in [-0.1, -0.05) is 11.2 Å². The molecule has 3 rings (SSSR count). The number of amides is 2. The number of carbonyl (C=O) groups is 2. The van der Waals surface area contributed by atoms with Crippen molar-refractivity contribution in [2.45, 2.75) is 39.2 Å². The first kappa shape index (κ1) is 22.3. The Kier molecular flexibility index (Phi) is 7.60. The van der Waals surface area contributed by atoms with Gasteiger partial charge >= 0.3 is 0 Å². The Bertz CT molecular complexity index is 1020. The average molecular weight is 445 g/mol. The summed E-state index contributed by atoms with van der Waals surface area (Å²) in [4.78, 5) is 29.6. The largest absolute Gasteiger partial charge is 0.493 e. The molecule has 2 aromatic heterocycles. The molecule has 2 amide bonds. The summed E-state index contributed by atoms with van der Waals surface area (Å²) in [7, 11) is 1.50. The smallest absolute Gasteiger partial charge is 0.269 e. The van der Waals surface area contributed by atoms with Gasteiger partial charge < -0.3 is 14.0 Å². The van der Waals surface area contributed by atoms with Crippen LogP contribution in [0.15, 0.2) is 40.2 Å². The quantitative estimate of drug-likeness (QED) is 0.486. The van der Waals surface area contributed by atoms with E-state index in [0.717, 1.165) is 4.88 Å². The summed E-state index contributed by atoms with van der Waals surface area (Å²) in [5.41, 5.74) is 5.13. The fraction of sp³-hybridized carbons (Fsp3) is 0.333. The highest BCUT2D eigenvalue weighted by atomic mass is 32.1. The molecule has 0 radical (unpaired) electrons. The second-order valence-corrected chi connectivity index (χ2v) is 7.82. The van der Waals surface area contributed by atoms with Gasteiger partial charge in [0.1, 0.15) is 0 Å². The van der Waals surface area contributed by atoms with E-state index in [2.05, 4.69) is 21.0 Å². The summed E-state index contributed by atoms with van der Waals surface area (Å²) < 4.78 is 16.1. The molecular weight excluding hydrogens is 420 g/mol. The molecule has 0 saturated carbocycles. The van der Waals surface area contributed by atoms with Crippen LogP contribution in [0.25, 0.3) is 10.7 Å². The number of carbonyl (C=O) groups excluding carboxylic acids is 2. The standard InChI is InChI=1S/C21H24N4O5S/c1-13(2)29-15-10-9-14(12-16(15)28-3)21(27)24-23-18(26)7-4-8-19-22-20(25-30-19)17-6-5-11-31-17/h5-6,9-13H,4,7-8H2,1-3H3,(H,23,26)(H,24,27). The molecule has 1 aromatic carbocycles. The number of aromatic nitrogens is 2. The SMILES string of the molecule is COc1cc(C(=O)NNC(=O)CCCc2nc(-c3cccs3)no2)ccc1OC(C)C. The van der Waals surface area contributed by atoms with Crippen LogP contribution in [0.2, 0.25) is 0 Å². The Labute approximate surface area is 183 Å². The maximum atomic E-state index is 12.3. The van der Waals surface area contributed by atoms with Gasteiger partial charge in [-0.2, -0.15) is 4.98 Å². The molecule has 0 spiro atoms. The number of benzene rings is 1. The lowest BCUT2D eigenvalue weighted by Crippen LogP contribution is -2.41. The normalized spacial score (nSPS) is 10.7. The van der Waals surface area contributed by atoms with Gasteiger partial charge in [0.2, 0.25) is 17.6 Å². The third-order valence-electron chi connectivity index (χ3n) is 4.11. The van der Waals surface area contributed by atoms with Crippen LogP contribution in [0.1, 0.15) is 42.9 Å². The molecule has 0 saturated heterocycles. The average Bonchev–Trinajstić information content (AvgIpc) is 3.44. The molecule has 0 aliphatic heterocycles. The minimum Gasteiger partial charge on any atom is -0.493 e. The van der Waals surface area contributed by atoms with Crippen LogP contribution in [0, 0.1) is 0 Å². The number of ether oxygens (including phenoxy) is 2. The van der Waals surface area contributed by atoms with Gasteiger partial charge in [-0.15, -0.1) is 11.3 Å². The molecule has 31 heavy (non-hydrogen) atoms. The molecule has 0 unspecified atom stereocenters. The highest BCUT2D eigenvalue weighted by Gasteiger charge is 2.14. The maximum absolute atomic E-state index is 12.3. The molecule has 3 aromatic rings. The first-order valence-electron chi connectivity index (χ1n) is 9.76. The Morgan fingerprint density at radius 1 is 1.19 bits per heavy atom. The fourth-order valence-corrected chi connectivity index (χ4v) is 3.33. The van der Waals surface area contributed by atoms with Gasteiger partial charge in [0.25, 0.3) is 5.91 Å². The van der Waals surface area contributed by atoms with E-state index >= 15 is 0 Å². The molecule has 2 N–H and O–H groups in total. The first-order chi connectivity index (χ1) is 15.0. The molecule has 164 valence electrons.